The van der Waals surface area contributed by atoms with Gasteiger partial charge in [0.2, 0.25) is 0 Å². The molecule has 1 N–H and O–H groups in total. The number of carbonyl (C=O) groups excluding carboxylic acids is 2. The Morgan fingerprint density at radius 3 is 2.69 bits per heavy atom. The molecule has 0 aliphatic carbocycles. The van der Waals surface area contributed by atoms with E-state index in [9.17, 15) is 14.7 Å². The van der Waals surface area contributed by atoms with Crippen molar-refractivity contribution in [3.63, 3.8) is 0 Å². The number of amides is 1. The van der Waals surface area contributed by atoms with Gasteiger partial charge in [0.05, 0.1) is 17.3 Å². The van der Waals surface area contributed by atoms with E-state index >= 15 is 0 Å². The standard InChI is InChI=1S/C20H20ClNO4/c1-13-7-8-17-15(11-13)20(25,12-14(2)23)19(24)22(17)9-10-26-18-6-4-3-5-16(18)21/h3-8,11,25H,9-10,12H2,1-2H3/t20-/m1/s1. The number of para-hydroxylation sites is 1. The Morgan fingerprint density at radius 2 is 2.00 bits per heavy atom. The average molecular weight is 374 g/mol. The number of Topliss-reactive ketones (excluding diaryl/α,β-unsaturated/α-hetero) is 1. The number of fused-ring (bicyclic) bond motifs is 1. The predicted molar refractivity (Wildman–Crippen MR) is 99.7 cm³/mol. The second kappa shape index (κ2) is 7.09. The maximum Gasteiger partial charge on any atom is 0.264 e. The number of anilines is 1. The minimum Gasteiger partial charge on any atom is -0.490 e. The highest BCUT2D eigenvalue weighted by atomic mass is 35.5. The quantitative estimate of drug-likeness (QED) is 0.844. The third kappa shape index (κ3) is 3.32. The normalized spacial score (nSPS) is 18.8. The molecule has 0 unspecified atom stereocenters. The van der Waals surface area contributed by atoms with Gasteiger partial charge in [0.25, 0.3) is 5.91 Å². The van der Waals surface area contributed by atoms with E-state index in [-0.39, 0.29) is 25.4 Å². The van der Waals surface area contributed by atoms with Crippen molar-refractivity contribution in [1.29, 1.82) is 0 Å². The molecular formula is C20H20ClNO4. The van der Waals surface area contributed by atoms with Gasteiger partial charge in [-0.3, -0.25) is 9.59 Å². The fourth-order valence-electron chi connectivity index (χ4n) is 3.23. The van der Waals surface area contributed by atoms with Gasteiger partial charge in [-0.05, 0) is 32.0 Å². The first-order chi connectivity index (χ1) is 12.3. The van der Waals surface area contributed by atoms with E-state index in [1.54, 1.807) is 30.3 Å². The van der Waals surface area contributed by atoms with E-state index in [1.165, 1.54) is 11.8 Å². The molecule has 2 aromatic rings. The summed E-state index contributed by atoms with van der Waals surface area (Å²) in [4.78, 5) is 26.0. The predicted octanol–water partition coefficient (Wildman–Crippen LogP) is 3.24. The number of ketones is 1. The van der Waals surface area contributed by atoms with Crippen molar-refractivity contribution in [2.24, 2.45) is 0 Å². The van der Waals surface area contributed by atoms with Gasteiger partial charge in [0.1, 0.15) is 18.1 Å². The monoisotopic (exact) mass is 373 g/mol. The molecule has 1 aliphatic heterocycles. The highest BCUT2D eigenvalue weighted by Gasteiger charge is 2.50. The zero-order valence-electron chi connectivity index (χ0n) is 14.7. The highest BCUT2D eigenvalue weighted by Crippen LogP contribution is 2.42. The molecule has 1 aliphatic rings. The van der Waals surface area contributed by atoms with E-state index in [1.807, 2.05) is 19.1 Å². The van der Waals surface area contributed by atoms with Crippen molar-refractivity contribution in [1.82, 2.24) is 0 Å². The topological polar surface area (TPSA) is 66.8 Å². The molecule has 0 aromatic heterocycles. The van der Waals surface area contributed by atoms with Gasteiger partial charge in [-0.2, -0.15) is 0 Å². The van der Waals surface area contributed by atoms with E-state index in [0.717, 1.165) is 5.56 Å². The van der Waals surface area contributed by atoms with E-state index in [0.29, 0.717) is 22.0 Å². The smallest absolute Gasteiger partial charge is 0.264 e. The van der Waals surface area contributed by atoms with Crippen molar-refractivity contribution < 1.29 is 19.4 Å². The maximum absolute atomic E-state index is 12.9. The molecule has 3 rings (SSSR count). The molecule has 136 valence electrons. The second-order valence-electron chi connectivity index (χ2n) is 6.50. The van der Waals surface area contributed by atoms with Crippen LogP contribution >= 0.6 is 11.6 Å². The molecule has 0 saturated carbocycles. The summed E-state index contributed by atoms with van der Waals surface area (Å²) in [5.74, 6) is -0.220. The number of halogens is 1. The molecule has 2 aromatic carbocycles. The number of ether oxygens (including phenoxy) is 1. The minimum absolute atomic E-state index is 0.207. The van der Waals surface area contributed by atoms with Crippen LogP contribution in [0.1, 0.15) is 24.5 Å². The third-order valence-electron chi connectivity index (χ3n) is 4.40. The van der Waals surface area contributed by atoms with Crippen LogP contribution in [0.5, 0.6) is 5.75 Å². The number of nitrogens with zero attached hydrogens (tertiary/aromatic N) is 1. The Kier molecular flexibility index (Phi) is 5.03. The van der Waals surface area contributed by atoms with Crippen LogP contribution in [0.25, 0.3) is 0 Å². The summed E-state index contributed by atoms with van der Waals surface area (Å²) in [5.41, 5.74) is 0.160. The fourth-order valence-corrected chi connectivity index (χ4v) is 3.42. The lowest BCUT2D eigenvalue weighted by Gasteiger charge is -2.22. The molecule has 0 fully saturated rings. The van der Waals surface area contributed by atoms with E-state index in [2.05, 4.69) is 0 Å². The number of hydrogen-bond donors (Lipinski definition) is 1. The Balaban J connectivity index is 1.83. The molecule has 0 bridgehead atoms. The van der Waals surface area contributed by atoms with Crippen molar-refractivity contribution in [2.75, 3.05) is 18.1 Å². The number of benzene rings is 2. The summed E-state index contributed by atoms with van der Waals surface area (Å²) in [7, 11) is 0. The molecule has 0 radical (unpaired) electrons. The first kappa shape index (κ1) is 18.4. The van der Waals surface area contributed by atoms with Gasteiger partial charge in [-0.1, -0.05) is 41.4 Å². The SMILES string of the molecule is CC(=O)C[C@]1(O)C(=O)N(CCOc2ccccc2Cl)c2ccc(C)cc21. The lowest BCUT2D eigenvalue weighted by Crippen LogP contribution is -2.43. The van der Waals surface area contributed by atoms with Crippen LogP contribution < -0.4 is 9.64 Å². The lowest BCUT2D eigenvalue weighted by molar-refractivity contribution is -0.141. The van der Waals surface area contributed by atoms with Gasteiger partial charge < -0.3 is 14.7 Å². The van der Waals surface area contributed by atoms with Gasteiger partial charge in [0, 0.05) is 12.0 Å². The molecule has 0 saturated heterocycles. The Bertz CT molecular complexity index is 867. The van der Waals surface area contributed by atoms with Crippen LogP contribution in [0.3, 0.4) is 0 Å². The Morgan fingerprint density at radius 1 is 1.27 bits per heavy atom. The van der Waals surface area contributed by atoms with Gasteiger partial charge in [-0.15, -0.1) is 0 Å². The molecule has 5 nitrogen and oxygen atoms in total. The van der Waals surface area contributed by atoms with Gasteiger partial charge >= 0.3 is 0 Å². The fraction of sp³-hybridized carbons (Fsp3) is 0.300. The Hall–Kier alpha value is -2.37. The Labute approximate surface area is 157 Å². The molecule has 0 spiro atoms. The molecule has 1 amide bonds. The van der Waals surface area contributed by atoms with Gasteiger partial charge in [-0.25, -0.2) is 0 Å². The second-order valence-corrected chi connectivity index (χ2v) is 6.90. The average Bonchev–Trinajstić information content (AvgIpc) is 2.77. The third-order valence-corrected chi connectivity index (χ3v) is 4.71. The van der Waals surface area contributed by atoms with Crippen LogP contribution in [0.4, 0.5) is 5.69 Å². The molecule has 1 atom stereocenters. The van der Waals surface area contributed by atoms with Gasteiger partial charge in [0.15, 0.2) is 5.60 Å². The largest absolute Gasteiger partial charge is 0.490 e. The summed E-state index contributed by atoms with van der Waals surface area (Å²) in [6.45, 7) is 3.69. The molecule has 26 heavy (non-hydrogen) atoms. The number of carbonyl (C=O) groups is 2. The summed E-state index contributed by atoms with van der Waals surface area (Å²) in [6.07, 6.45) is -0.246. The first-order valence-electron chi connectivity index (χ1n) is 8.35. The van der Waals surface area contributed by atoms with Crippen LogP contribution in [0.2, 0.25) is 5.02 Å². The summed E-state index contributed by atoms with van der Waals surface area (Å²) in [5, 5.41) is 11.5. The number of rotatable bonds is 6. The zero-order chi connectivity index (χ0) is 18.9. The summed E-state index contributed by atoms with van der Waals surface area (Å²) in [6, 6.07) is 12.5. The van der Waals surface area contributed by atoms with Crippen molar-refractivity contribution in [2.45, 2.75) is 25.9 Å². The van der Waals surface area contributed by atoms with Crippen LogP contribution in [-0.4, -0.2) is 29.9 Å². The highest BCUT2D eigenvalue weighted by molar-refractivity contribution is 6.32. The summed E-state index contributed by atoms with van der Waals surface area (Å²) >= 11 is 6.07. The number of aryl methyl sites for hydroxylation is 1. The maximum atomic E-state index is 12.9. The van der Waals surface area contributed by atoms with E-state index < -0.39 is 11.5 Å². The summed E-state index contributed by atoms with van der Waals surface area (Å²) < 4.78 is 5.66. The molecule has 6 heteroatoms. The van der Waals surface area contributed by atoms with Crippen LogP contribution in [0.15, 0.2) is 42.5 Å². The minimum atomic E-state index is -1.82. The number of hydrogen-bond acceptors (Lipinski definition) is 4. The first-order valence-corrected chi connectivity index (χ1v) is 8.73. The van der Waals surface area contributed by atoms with Crippen LogP contribution in [0, 0.1) is 6.92 Å². The number of aliphatic hydroxyl groups is 1. The van der Waals surface area contributed by atoms with Crippen LogP contribution in [-0.2, 0) is 15.2 Å². The molecular weight excluding hydrogens is 354 g/mol. The van der Waals surface area contributed by atoms with Crippen molar-refractivity contribution in [3.8, 4) is 5.75 Å². The van der Waals surface area contributed by atoms with Crippen molar-refractivity contribution >= 4 is 29.0 Å². The lowest BCUT2D eigenvalue weighted by atomic mass is 9.89. The molecule has 1 heterocycles. The zero-order valence-corrected chi connectivity index (χ0v) is 15.4. The van der Waals surface area contributed by atoms with Crippen molar-refractivity contribution in [3.05, 3.63) is 58.6 Å². The van der Waals surface area contributed by atoms with E-state index in [4.69, 9.17) is 16.3 Å².